The maximum atomic E-state index is 12.0. The molecule has 1 unspecified atom stereocenters. The molecule has 0 radical (unpaired) electrons. The van der Waals surface area contributed by atoms with E-state index in [1.54, 1.807) is 0 Å². The molecule has 0 aliphatic carbocycles. The van der Waals surface area contributed by atoms with Crippen LogP contribution in [0.4, 0.5) is 5.69 Å². The van der Waals surface area contributed by atoms with E-state index in [-0.39, 0.29) is 17.7 Å². The van der Waals surface area contributed by atoms with Gasteiger partial charge in [-0.15, -0.1) is 0 Å². The number of rotatable bonds is 7. The first-order valence-corrected chi connectivity index (χ1v) is 10.4. The van der Waals surface area contributed by atoms with E-state index in [9.17, 15) is 9.59 Å². The maximum absolute atomic E-state index is 12.0. The average molecular weight is 408 g/mol. The number of carbonyl (C=O) groups is 2. The van der Waals surface area contributed by atoms with Crippen molar-refractivity contribution in [1.29, 1.82) is 0 Å². The Balaban J connectivity index is 1.63. The average Bonchev–Trinajstić information content (AvgIpc) is 2.76. The summed E-state index contributed by atoms with van der Waals surface area (Å²) in [6.45, 7) is 6.37. The first-order valence-electron chi connectivity index (χ1n) is 10.4. The molecule has 3 rings (SSSR count). The van der Waals surface area contributed by atoms with Crippen molar-refractivity contribution in [1.82, 2.24) is 16.0 Å². The molecule has 7 nitrogen and oxygen atoms in total. The van der Waals surface area contributed by atoms with Crippen molar-refractivity contribution in [2.45, 2.75) is 32.7 Å². The summed E-state index contributed by atoms with van der Waals surface area (Å²) in [7, 11) is 0. The molecule has 2 amide bonds. The zero-order valence-electron chi connectivity index (χ0n) is 17.5. The van der Waals surface area contributed by atoms with Crippen molar-refractivity contribution in [3.8, 4) is 0 Å². The molecule has 1 aliphatic heterocycles. The number of amides is 2. The Hall–Kier alpha value is -3.35. The predicted molar refractivity (Wildman–Crippen MR) is 120 cm³/mol. The smallest absolute Gasteiger partial charge is 0.251 e. The van der Waals surface area contributed by atoms with E-state index >= 15 is 0 Å². The van der Waals surface area contributed by atoms with Gasteiger partial charge in [-0.3, -0.25) is 9.59 Å². The second-order valence-electron chi connectivity index (χ2n) is 7.17. The minimum Gasteiger partial charge on any atom is -0.357 e. The van der Waals surface area contributed by atoms with Gasteiger partial charge in [-0.05, 0) is 43.2 Å². The number of nitrogens with one attached hydrogen (secondary N) is 4. The molecule has 0 saturated heterocycles. The van der Waals surface area contributed by atoms with Crippen LogP contribution in [0.15, 0.2) is 53.5 Å². The van der Waals surface area contributed by atoms with E-state index in [1.165, 1.54) is 0 Å². The fraction of sp³-hybridized carbons (Fsp3) is 0.348. The lowest BCUT2D eigenvalue weighted by atomic mass is 9.90. The number of benzene rings is 2. The second kappa shape index (κ2) is 10.4. The van der Waals surface area contributed by atoms with Crippen molar-refractivity contribution in [2.24, 2.45) is 4.99 Å². The van der Waals surface area contributed by atoms with Crippen LogP contribution < -0.4 is 21.3 Å². The number of fused-ring (bicyclic) bond motifs is 1. The van der Waals surface area contributed by atoms with Crippen molar-refractivity contribution in [3.63, 3.8) is 0 Å². The topological polar surface area (TPSA) is 94.6 Å². The quantitative estimate of drug-likeness (QED) is 0.419. The van der Waals surface area contributed by atoms with Crippen molar-refractivity contribution in [3.05, 3.63) is 65.2 Å². The lowest BCUT2D eigenvalue weighted by Gasteiger charge is -2.26. The van der Waals surface area contributed by atoms with Gasteiger partial charge in [0.15, 0.2) is 5.96 Å². The molecule has 2 aromatic rings. The van der Waals surface area contributed by atoms with E-state index in [2.05, 4.69) is 32.3 Å². The Kier molecular flexibility index (Phi) is 7.43. The Morgan fingerprint density at radius 3 is 2.50 bits per heavy atom. The summed E-state index contributed by atoms with van der Waals surface area (Å²) in [6, 6.07) is 15.4. The van der Waals surface area contributed by atoms with Gasteiger partial charge < -0.3 is 21.3 Å². The molecular formula is C23H29N5O2. The fourth-order valence-corrected chi connectivity index (χ4v) is 3.44. The summed E-state index contributed by atoms with van der Waals surface area (Å²) in [4.78, 5) is 28.5. The standard InChI is InChI=1S/C23H29N5O2/c1-3-24-22(30)17-11-9-16(10-12-17)14-26-23(25-4-2)27-15-18-13-21(29)28-20-8-6-5-7-19(18)20/h5-12,18H,3-4,13-15H2,1-2H3,(H,24,30)(H,28,29)(H2,25,26,27). The Labute approximate surface area is 177 Å². The zero-order chi connectivity index (χ0) is 21.3. The van der Waals surface area contributed by atoms with Crippen LogP contribution in [0.5, 0.6) is 0 Å². The van der Waals surface area contributed by atoms with Gasteiger partial charge in [-0.25, -0.2) is 4.99 Å². The van der Waals surface area contributed by atoms with Gasteiger partial charge in [0.05, 0.1) is 6.54 Å². The fourth-order valence-electron chi connectivity index (χ4n) is 3.44. The lowest BCUT2D eigenvalue weighted by molar-refractivity contribution is -0.116. The maximum Gasteiger partial charge on any atom is 0.251 e. The highest BCUT2D eigenvalue weighted by atomic mass is 16.2. The largest absolute Gasteiger partial charge is 0.357 e. The predicted octanol–water partition coefficient (Wildman–Crippen LogP) is 2.62. The summed E-state index contributed by atoms with van der Waals surface area (Å²) in [6.07, 6.45) is 0.449. The van der Waals surface area contributed by atoms with Crippen LogP contribution in [-0.2, 0) is 11.3 Å². The summed E-state index contributed by atoms with van der Waals surface area (Å²) in [5.74, 6) is 0.762. The van der Waals surface area contributed by atoms with Crippen LogP contribution in [0.25, 0.3) is 0 Å². The minimum atomic E-state index is -0.0700. The first-order chi connectivity index (χ1) is 14.6. The third-order valence-electron chi connectivity index (χ3n) is 4.94. The Bertz CT molecular complexity index is 908. The molecule has 30 heavy (non-hydrogen) atoms. The molecule has 0 spiro atoms. The van der Waals surface area contributed by atoms with Gasteiger partial charge >= 0.3 is 0 Å². The number of guanidine groups is 1. The van der Waals surface area contributed by atoms with E-state index in [0.717, 1.165) is 23.4 Å². The molecule has 0 bridgehead atoms. The number of nitrogens with zero attached hydrogens (tertiary/aromatic N) is 1. The number of aliphatic imine (C=N–C) groups is 1. The van der Waals surface area contributed by atoms with Gasteiger partial charge in [0.2, 0.25) is 5.91 Å². The Morgan fingerprint density at radius 1 is 1.03 bits per heavy atom. The molecule has 4 N–H and O–H groups in total. The van der Waals surface area contributed by atoms with Crippen LogP contribution in [0.1, 0.15) is 47.7 Å². The van der Waals surface area contributed by atoms with E-state index in [1.807, 2.05) is 56.3 Å². The second-order valence-corrected chi connectivity index (χ2v) is 7.17. The van der Waals surface area contributed by atoms with Crippen molar-refractivity contribution in [2.75, 3.05) is 25.0 Å². The molecule has 2 aromatic carbocycles. The molecule has 0 fully saturated rings. The molecule has 158 valence electrons. The summed E-state index contributed by atoms with van der Waals surface area (Å²) in [5, 5.41) is 12.3. The SMILES string of the molecule is CCNC(=O)c1ccc(CN=C(NCC)NCC2CC(=O)Nc3ccccc32)cc1. The number of carbonyl (C=O) groups excluding carboxylic acids is 2. The zero-order valence-corrected chi connectivity index (χ0v) is 17.5. The molecule has 1 atom stereocenters. The van der Waals surface area contributed by atoms with E-state index in [0.29, 0.717) is 37.6 Å². The number of anilines is 1. The summed E-state index contributed by atoms with van der Waals surface area (Å²) in [5.41, 5.74) is 3.68. The van der Waals surface area contributed by atoms with Crippen LogP contribution >= 0.6 is 0 Å². The molecular weight excluding hydrogens is 378 g/mol. The van der Waals surface area contributed by atoms with Gasteiger partial charge in [0, 0.05) is 43.2 Å². The van der Waals surface area contributed by atoms with Crippen LogP contribution in [0, 0.1) is 0 Å². The molecule has 1 heterocycles. The summed E-state index contributed by atoms with van der Waals surface area (Å²) < 4.78 is 0. The first kappa shape index (κ1) is 21.4. The van der Waals surface area contributed by atoms with Gasteiger partial charge in [0.25, 0.3) is 5.91 Å². The van der Waals surface area contributed by atoms with E-state index in [4.69, 9.17) is 0 Å². The highest BCUT2D eigenvalue weighted by Gasteiger charge is 2.24. The minimum absolute atomic E-state index is 0.0367. The normalized spacial score (nSPS) is 15.7. The molecule has 0 saturated carbocycles. The van der Waals surface area contributed by atoms with Crippen LogP contribution in [0.2, 0.25) is 0 Å². The Morgan fingerprint density at radius 2 is 1.77 bits per heavy atom. The highest BCUT2D eigenvalue weighted by Crippen LogP contribution is 2.31. The van der Waals surface area contributed by atoms with Gasteiger partial charge in [-0.2, -0.15) is 0 Å². The van der Waals surface area contributed by atoms with Crippen molar-refractivity contribution >= 4 is 23.5 Å². The lowest BCUT2D eigenvalue weighted by Crippen LogP contribution is -2.40. The van der Waals surface area contributed by atoms with Crippen molar-refractivity contribution < 1.29 is 9.59 Å². The molecule has 7 heteroatoms. The van der Waals surface area contributed by atoms with Crippen LogP contribution in [0.3, 0.4) is 0 Å². The number of para-hydroxylation sites is 1. The third kappa shape index (κ3) is 5.59. The number of hydrogen-bond acceptors (Lipinski definition) is 3. The summed E-state index contributed by atoms with van der Waals surface area (Å²) >= 11 is 0. The monoisotopic (exact) mass is 407 g/mol. The highest BCUT2D eigenvalue weighted by molar-refractivity contribution is 5.95. The van der Waals surface area contributed by atoms with Gasteiger partial charge in [-0.1, -0.05) is 30.3 Å². The van der Waals surface area contributed by atoms with Gasteiger partial charge in [0.1, 0.15) is 0 Å². The van der Waals surface area contributed by atoms with E-state index < -0.39 is 0 Å². The third-order valence-corrected chi connectivity index (χ3v) is 4.94. The van der Waals surface area contributed by atoms with Crippen LogP contribution in [-0.4, -0.2) is 37.4 Å². The molecule has 0 aromatic heterocycles. The molecule has 1 aliphatic rings. The number of hydrogen-bond donors (Lipinski definition) is 4.